The van der Waals surface area contributed by atoms with Gasteiger partial charge in [0.2, 0.25) is 12.7 Å². The van der Waals surface area contributed by atoms with Crippen LogP contribution >= 0.6 is 0 Å². The highest BCUT2D eigenvalue weighted by Crippen LogP contribution is 2.38. The minimum Gasteiger partial charge on any atom is -0.467 e. The van der Waals surface area contributed by atoms with E-state index in [2.05, 4.69) is 5.32 Å². The third kappa shape index (κ3) is 3.83. The first kappa shape index (κ1) is 21.1. The topological polar surface area (TPSA) is 101 Å². The first-order valence-electron chi connectivity index (χ1n) is 11.0. The summed E-state index contributed by atoms with van der Waals surface area (Å²) in [6, 6.07) is 8.06. The fraction of sp³-hybridized carbons (Fsp3) is 0.375. The number of nitrogens with zero attached hydrogens (tertiary/aromatic N) is 2. The Bertz CT molecular complexity index is 1130. The molecule has 0 radical (unpaired) electrons. The summed E-state index contributed by atoms with van der Waals surface area (Å²) in [6.07, 6.45) is 7.32. The number of hydrogen-bond acceptors (Lipinski definition) is 6. The van der Waals surface area contributed by atoms with Crippen molar-refractivity contribution in [2.45, 2.75) is 44.7 Å². The van der Waals surface area contributed by atoms with Crippen LogP contribution in [0.3, 0.4) is 0 Å². The molecule has 1 N–H and O–H groups in total. The van der Waals surface area contributed by atoms with Crippen LogP contribution in [-0.4, -0.2) is 41.0 Å². The average Bonchev–Trinajstić information content (AvgIpc) is 3.55. The molecule has 0 saturated carbocycles. The van der Waals surface area contributed by atoms with E-state index >= 15 is 0 Å². The van der Waals surface area contributed by atoms with Crippen LogP contribution in [-0.2, 0) is 21.7 Å². The predicted octanol–water partition coefficient (Wildman–Crippen LogP) is 3.26. The van der Waals surface area contributed by atoms with Gasteiger partial charge in [-0.1, -0.05) is 12.1 Å². The maximum atomic E-state index is 13.4. The molecule has 0 spiro atoms. The highest BCUT2D eigenvalue weighted by molar-refractivity contribution is 6.09. The minimum absolute atomic E-state index is 0.109. The summed E-state index contributed by atoms with van der Waals surface area (Å²) in [4.78, 5) is 42.1. The number of benzene rings is 1. The molecule has 9 nitrogen and oxygen atoms in total. The number of carbonyl (C=O) groups excluding carboxylic acids is 3. The third-order valence-electron chi connectivity index (χ3n) is 6.33. The van der Waals surface area contributed by atoms with Crippen LogP contribution in [0.2, 0.25) is 0 Å². The fourth-order valence-electron chi connectivity index (χ4n) is 4.44. The van der Waals surface area contributed by atoms with Gasteiger partial charge in [-0.15, -0.1) is 0 Å². The van der Waals surface area contributed by atoms with Gasteiger partial charge in [-0.3, -0.25) is 14.5 Å². The van der Waals surface area contributed by atoms with Crippen molar-refractivity contribution in [1.82, 2.24) is 15.1 Å². The number of urea groups is 1. The summed E-state index contributed by atoms with van der Waals surface area (Å²) in [5, 5.41) is 2.74. The van der Waals surface area contributed by atoms with Crippen molar-refractivity contribution in [3.8, 4) is 11.5 Å². The lowest BCUT2D eigenvalue weighted by atomic mass is 9.91. The molecule has 3 aliphatic rings. The van der Waals surface area contributed by atoms with Crippen LogP contribution in [0.25, 0.3) is 0 Å². The van der Waals surface area contributed by atoms with Gasteiger partial charge < -0.3 is 24.1 Å². The lowest BCUT2D eigenvalue weighted by Gasteiger charge is -2.28. The van der Waals surface area contributed by atoms with Crippen molar-refractivity contribution in [1.29, 1.82) is 0 Å². The summed E-state index contributed by atoms with van der Waals surface area (Å²) < 4.78 is 16.2. The van der Waals surface area contributed by atoms with E-state index in [0.717, 1.165) is 36.3 Å². The van der Waals surface area contributed by atoms with E-state index < -0.39 is 17.5 Å². The Labute approximate surface area is 190 Å². The molecular formula is C24H25N3O6. The average molecular weight is 451 g/mol. The molecule has 3 heterocycles. The number of allylic oxidation sites excluding steroid dienone is 2. The molecule has 0 unspecified atom stereocenters. The molecule has 2 aliphatic heterocycles. The molecule has 1 aromatic carbocycles. The largest absolute Gasteiger partial charge is 0.467 e. The molecule has 5 rings (SSSR count). The van der Waals surface area contributed by atoms with Gasteiger partial charge >= 0.3 is 6.03 Å². The highest BCUT2D eigenvalue weighted by atomic mass is 16.7. The standard InChI is InChI=1S/C24H25N3O6/c1-24(16-9-10-19-20(12-16)33-15-32-19)22(29)27(23(30)25-24)14-21(28)26(13-18-8-5-11-31-18)17-6-3-2-4-7-17/h5-6,8-12H,2-4,7,13-15H2,1H3,(H,25,30)/t24-/m0/s1. The summed E-state index contributed by atoms with van der Waals surface area (Å²) in [6.45, 7) is 1.63. The summed E-state index contributed by atoms with van der Waals surface area (Å²) >= 11 is 0. The zero-order chi connectivity index (χ0) is 23.0. The van der Waals surface area contributed by atoms with Crippen LogP contribution in [0.1, 0.15) is 43.9 Å². The lowest BCUT2D eigenvalue weighted by molar-refractivity contribution is -0.138. The Morgan fingerprint density at radius 3 is 2.79 bits per heavy atom. The molecule has 2 aromatic rings. The van der Waals surface area contributed by atoms with E-state index in [4.69, 9.17) is 13.9 Å². The number of imide groups is 1. The first-order valence-corrected chi connectivity index (χ1v) is 11.0. The molecule has 33 heavy (non-hydrogen) atoms. The zero-order valence-corrected chi connectivity index (χ0v) is 18.3. The van der Waals surface area contributed by atoms with Crippen LogP contribution in [0, 0.1) is 0 Å². The van der Waals surface area contributed by atoms with Gasteiger partial charge in [0.15, 0.2) is 11.5 Å². The van der Waals surface area contributed by atoms with E-state index in [1.54, 1.807) is 48.4 Å². The van der Waals surface area contributed by atoms with Gasteiger partial charge in [0, 0.05) is 5.70 Å². The normalized spacial score (nSPS) is 21.7. The van der Waals surface area contributed by atoms with Crippen molar-refractivity contribution < 1.29 is 28.3 Å². The molecule has 172 valence electrons. The van der Waals surface area contributed by atoms with Crippen LogP contribution in [0.4, 0.5) is 4.79 Å². The van der Waals surface area contributed by atoms with Crippen molar-refractivity contribution >= 4 is 17.8 Å². The Kier molecular flexibility index (Phi) is 5.32. The SMILES string of the molecule is C[C@@]1(c2ccc3c(c2)OCO3)NC(=O)N(CC(=O)N(Cc2ccco2)C2=CCCCC2)C1=O. The van der Waals surface area contributed by atoms with Crippen LogP contribution < -0.4 is 14.8 Å². The molecule has 9 heteroatoms. The van der Waals surface area contributed by atoms with Crippen molar-refractivity contribution in [2.75, 3.05) is 13.3 Å². The third-order valence-corrected chi connectivity index (χ3v) is 6.33. The number of amides is 4. The van der Waals surface area contributed by atoms with E-state index in [-0.39, 0.29) is 25.8 Å². The molecule has 1 aliphatic carbocycles. The number of rotatable bonds is 6. The van der Waals surface area contributed by atoms with Gasteiger partial charge in [0.25, 0.3) is 5.91 Å². The Hall–Kier alpha value is -3.75. The molecular weight excluding hydrogens is 426 g/mol. The molecule has 1 aromatic heterocycles. The van der Waals surface area contributed by atoms with Crippen molar-refractivity contribution in [2.24, 2.45) is 0 Å². The highest BCUT2D eigenvalue weighted by Gasteiger charge is 2.50. The van der Waals surface area contributed by atoms with Gasteiger partial charge in [0.1, 0.15) is 17.8 Å². The van der Waals surface area contributed by atoms with Gasteiger partial charge in [-0.25, -0.2) is 4.79 Å². The molecule has 1 saturated heterocycles. The second kappa shape index (κ2) is 8.31. The van der Waals surface area contributed by atoms with Gasteiger partial charge in [-0.05, 0) is 62.4 Å². The molecule has 1 fully saturated rings. The predicted molar refractivity (Wildman–Crippen MR) is 116 cm³/mol. The smallest absolute Gasteiger partial charge is 0.325 e. The number of ether oxygens (including phenoxy) is 2. The van der Waals surface area contributed by atoms with Crippen molar-refractivity contribution in [3.63, 3.8) is 0 Å². The molecule has 4 amide bonds. The second-order valence-electron chi connectivity index (χ2n) is 8.51. The Morgan fingerprint density at radius 2 is 2.03 bits per heavy atom. The fourth-order valence-corrected chi connectivity index (χ4v) is 4.44. The molecule has 0 bridgehead atoms. The van der Waals surface area contributed by atoms with Crippen molar-refractivity contribution in [3.05, 3.63) is 59.7 Å². The quantitative estimate of drug-likeness (QED) is 0.677. The lowest BCUT2D eigenvalue weighted by Crippen LogP contribution is -2.44. The second-order valence-corrected chi connectivity index (χ2v) is 8.51. The number of furan rings is 1. The summed E-state index contributed by atoms with van der Waals surface area (Å²) in [5.41, 5.74) is 0.143. The maximum Gasteiger partial charge on any atom is 0.325 e. The van der Waals surface area contributed by atoms with Gasteiger partial charge in [-0.2, -0.15) is 0 Å². The van der Waals surface area contributed by atoms with E-state index in [0.29, 0.717) is 22.8 Å². The number of nitrogens with one attached hydrogen (secondary N) is 1. The van der Waals surface area contributed by atoms with Crippen LogP contribution in [0.5, 0.6) is 11.5 Å². The van der Waals surface area contributed by atoms with E-state index in [1.807, 2.05) is 6.08 Å². The monoisotopic (exact) mass is 451 g/mol. The summed E-state index contributed by atoms with van der Waals surface area (Å²) in [7, 11) is 0. The van der Waals surface area contributed by atoms with E-state index in [1.165, 1.54) is 0 Å². The Morgan fingerprint density at radius 1 is 1.18 bits per heavy atom. The number of hydrogen-bond donors (Lipinski definition) is 1. The zero-order valence-electron chi connectivity index (χ0n) is 18.3. The summed E-state index contributed by atoms with van der Waals surface area (Å²) in [5.74, 6) is 0.908. The van der Waals surface area contributed by atoms with Gasteiger partial charge in [0.05, 0.1) is 12.8 Å². The maximum absolute atomic E-state index is 13.4. The first-order chi connectivity index (χ1) is 16.0. The minimum atomic E-state index is -1.31. The molecule has 1 atom stereocenters. The van der Waals surface area contributed by atoms with E-state index in [9.17, 15) is 14.4 Å². The number of fused-ring (bicyclic) bond motifs is 1. The van der Waals surface area contributed by atoms with Crippen LogP contribution in [0.15, 0.2) is 52.8 Å². The Balaban J connectivity index is 1.37. The number of carbonyl (C=O) groups is 3.